The number of likely N-dealkylation sites (tertiary alicyclic amines) is 1. The highest BCUT2D eigenvalue weighted by Gasteiger charge is 2.24. The minimum Gasteiger partial charge on any atom is -0.357 e. The van der Waals surface area contributed by atoms with E-state index >= 15 is 0 Å². The van der Waals surface area contributed by atoms with Crippen LogP contribution in [-0.4, -0.2) is 42.3 Å². The van der Waals surface area contributed by atoms with Crippen molar-refractivity contribution in [2.75, 3.05) is 23.9 Å². The second kappa shape index (κ2) is 8.37. The first kappa shape index (κ1) is 19.1. The molecule has 1 saturated heterocycles. The van der Waals surface area contributed by atoms with Crippen LogP contribution in [0.1, 0.15) is 19.8 Å². The van der Waals surface area contributed by atoms with Gasteiger partial charge in [-0.2, -0.15) is 0 Å². The summed E-state index contributed by atoms with van der Waals surface area (Å²) in [6.45, 7) is 4.14. The van der Waals surface area contributed by atoms with Crippen molar-refractivity contribution in [1.29, 1.82) is 0 Å². The maximum absolute atomic E-state index is 13.0. The number of anilines is 1. The van der Waals surface area contributed by atoms with Crippen LogP contribution < -0.4 is 4.31 Å². The number of benzene rings is 1. The first-order valence-corrected chi connectivity index (χ1v) is 11.2. The van der Waals surface area contributed by atoms with E-state index in [-0.39, 0.29) is 4.90 Å². The molecule has 2 aromatic rings. The highest BCUT2D eigenvalue weighted by molar-refractivity contribution is 8.22. The molecule has 0 amide bonds. The van der Waals surface area contributed by atoms with E-state index in [0.717, 1.165) is 30.3 Å². The number of hydrogen-bond donors (Lipinski definition) is 0. The number of thiocarbonyl (C=S) groups is 1. The minimum absolute atomic E-state index is 0.180. The molecular weight excluding hydrogens is 386 g/mol. The molecule has 0 radical (unpaired) electrons. The lowest BCUT2D eigenvalue weighted by Crippen LogP contribution is -2.30. The summed E-state index contributed by atoms with van der Waals surface area (Å²) >= 11 is 6.86. The number of rotatable bonds is 5. The van der Waals surface area contributed by atoms with E-state index in [1.165, 1.54) is 22.3 Å². The van der Waals surface area contributed by atoms with E-state index in [9.17, 15) is 8.42 Å². The maximum atomic E-state index is 13.0. The fourth-order valence-electron chi connectivity index (χ4n) is 2.85. The van der Waals surface area contributed by atoms with Gasteiger partial charge in [0.1, 0.15) is 14.2 Å². The second-order valence-electron chi connectivity index (χ2n) is 5.90. The second-order valence-corrected chi connectivity index (χ2v) is 9.42. The van der Waals surface area contributed by atoms with Gasteiger partial charge < -0.3 is 4.90 Å². The SMILES string of the molecule is CCN(c1ccccc1)S(=O)(=O)c1ccc(SC(=S)N2CCCC2)nc1. The van der Waals surface area contributed by atoms with Gasteiger partial charge in [0.05, 0.1) is 5.69 Å². The van der Waals surface area contributed by atoms with Crippen LogP contribution in [0.25, 0.3) is 0 Å². The van der Waals surface area contributed by atoms with E-state index in [1.807, 2.05) is 25.1 Å². The van der Waals surface area contributed by atoms with Crippen molar-refractivity contribution in [3.8, 4) is 0 Å². The van der Waals surface area contributed by atoms with E-state index in [4.69, 9.17) is 12.2 Å². The molecule has 1 aromatic carbocycles. The molecule has 3 rings (SSSR count). The molecule has 1 aromatic heterocycles. The molecule has 138 valence electrons. The third kappa shape index (κ3) is 4.19. The fraction of sp³-hybridized carbons (Fsp3) is 0.333. The maximum Gasteiger partial charge on any atom is 0.265 e. The third-order valence-electron chi connectivity index (χ3n) is 4.18. The number of sulfonamides is 1. The van der Waals surface area contributed by atoms with Crippen LogP contribution >= 0.6 is 24.0 Å². The zero-order valence-electron chi connectivity index (χ0n) is 14.5. The molecule has 0 aliphatic carbocycles. The van der Waals surface area contributed by atoms with Crippen LogP contribution in [0, 0.1) is 0 Å². The van der Waals surface area contributed by atoms with Gasteiger partial charge in [-0.3, -0.25) is 4.31 Å². The lowest BCUT2D eigenvalue weighted by atomic mass is 10.3. The minimum atomic E-state index is -3.65. The Bertz CT molecular complexity index is 849. The molecule has 1 aliphatic rings. The van der Waals surface area contributed by atoms with Gasteiger partial charge in [0, 0.05) is 25.8 Å². The Morgan fingerprint density at radius 3 is 2.46 bits per heavy atom. The van der Waals surface area contributed by atoms with Crippen molar-refractivity contribution in [2.45, 2.75) is 29.7 Å². The van der Waals surface area contributed by atoms with Gasteiger partial charge in [0.25, 0.3) is 10.0 Å². The lowest BCUT2D eigenvalue weighted by molar-refractivity contribution is 0.539. The van der Waals surface area contributed by atoms with Gasteiger partial charge >= 0.3 is 0 Å². The van der Waals surface area contributed by atoms with Crippen LogP contribution in [0.4, 0.5) is 5.69 Å². The molecular formula is C18H21N3O2S3. The van der Waals surface area contributed by atoms with Crippen LogP contribution in [0.2, 0.25) is 0 Å². The average molecular weight is 408 g/mol. The molecule has 1 aliphatic heterocycles. The van der Waals surface area contributed by atoms with Gasteiger partial charge in [0.2, 0.25) is 0 Å². The molecule has 5 nitrogen and oxygen atoms in total. The van der Waals surface area contributed by atoms with E-state index in [1.54, 1.807) is 24.3 Å². The number of aromatic nitrogens is 1. The summed E-state index contributed by atoms with van der Waals surface area (Å²) in [6.07, 6.45) is 3.74. The van der Waals surface area contributed by atoms with Crippen molar-refractivity contribution in [2.24, 2.45) is 0 Å². The van der Waals surface area contributed by atoms with Crippen molar-refractivity contribution in [1.82, 2.24) is 9.88 Å². The Balaban J connectivity index is 1.77. The van der Waals surface area contributed by atoms with Gasteiger partial charge in [-0.15, -0.1) is 0 Å². The predicted molar refractivity (Wildman–Crippen MR) is 110 cm³/mol. The van der Waals surface area contributed by atoms with Gasteiger partial charge in [-0.1, -0.05) is 30.4 Å². The Labute approximate surface area is 164 Å². The zero-order valence-corrected chi connectivity index (χ0v) is 17.0. The fourth-order valence-corrected chi connectivity index (χ4v) is 5.44. The molecule has 0 spiro atoms. The Kier molecular flexibility index (Phi) is 6.16. The smallest absolute Gasteiger partial charge is 0.265 e. The number of pyridine rings is 1. The molecule has 0 saturated carbocycles. The first-order valence-electron chi connectivity index (χ1n) is 8.53. The molecule has 1 fully saturated rings. The Morgan fingerprint density at radius 2 is 1.88 bits per heavy atom. The quantitative estimate of drug-likeness (QED) is 0.556. The van der Waals surface area contributed by atoms with Crippen molar-refractivity contribution < 1.29 is 8.42 Å². The van der Waals surface area contributed by atoms with Crippen molar-refractivity contribution >= 4 is 44.0 Å². The number of nitrogens with zero attached hydrogens (tertiary/aromatic N) is 3. The highest BCUT2D eigenvalue weighted by Crippen LogP contribution is 2.26. The molecule has 0 atom stereocenters. The van der Waals surface area contributed by atoms with Crippen LogP contribution in [0.3, 0.4) is 0 Å². The summed E-state index contributed by atoms with van der Waals surface area (Å²) in [6, 6.07) is 12.4. The molecule has 0 bridgehead atoms. The summed E-state index contributed by atoms with van der Waals surface area (Å²) in [7, 11) is -3.65. The summed E-state index contributed by atoms with van der Waals surface area (Å²) in [5, 5.41) is 0.712. The van der Waals surface area contributed by atoms with Gasteiger partial charge in [0.15, 0.2) is 0 Å². The normalized spacial score (nSPS) is 14.4. The van der Waals surface area contributed by atoms with E-state index in [2.05, 4.69) is 9.88 Å². The summed E-state index contributed by atoms with van der Waals surface area (Å²) in [4.78, 5) is 6.66. The van der Waals surface area contributed by atoms with E-state index in [0.29, 0.717) is 17.3 Å². The number of thioether (sulfide) groups is 1. The molecule has 0 N–H and O–H groups in total. The number of hydrogen-bond acceptors (Lipinski definition) is 5. The molecule has 26 heavy (non-hydrogen) atoms. The third-order valence-corrected chi connectivity index (χ3v) is 7.46. The highest BCUT2D eigenvalue weighted by atomic mass is 32.2. The molecule has 8 heteroatoms. The lowest BCUT2D eigenvalue weighted by Gasteiger charge is -2.22. The summed E-state index contributed by atoms with van der Waals surface area (Å²) in [5.41, 5.74) is 0.642. The van der Waals surface area contributed by atoms with Gasteiger partial charge in [-0.25, -0.2) is 13.4 Å². The van der Waals surface area contributed by atoms with Crippen LogP contribution in [0.5, 0.6) is 0 Å². The zero-order chi connectivity index (χ0) is 18.6. The Hall–Kier alpha value is -1.64. The van der Waals surface area contributed by atoms with Crippen LogP contribution in [0.15, 0.2) is 58.6 Å². The predicted octanol–water partition coefficient (Wildman–Crippen LogP) is 3.77. The molecule has 0 unspecified atom stereocenters. The molecule has 2 heterocycles. The van der Waals surface area contributed by atoms with Crippen molar-refractivity contribution in [3.05, 3.63) is 48.7 Å². The monoisotopic (exact) mass is 407 g/mol. The first-order chi connectivity index (χ1) is 12.5. The van der Waals surface area contributed by atoms with Crippen LogP contribution in [-0.2, 0) is 10.0 Å². The van der Waals surface area contributed by atoms with Gasteiger partial charge in [-0.05, 0) is 55.8 Å². The standard InChI is InChI=1S/C18H21N3O2S3/c1-2-21(15-8-4-3-5-9-15)26(22,23)16-10-11-17(19-14-16)25-18(24)20-12-6-7-13-20/h3-5,8-11,14H,2,6-7,12-13H2,1H3. The largest absolute Gasteiger partial charge is 0.357 e. The topological polar surface area (TPSA) is 53.5 Å². The summed E-state index contributed by atoms with van der Waals surface area (Å²) < 4.78 is 28.1. The number of para-hydroxylation sites is 1. The van der Waals surface area contributed by atoms with E-state index < -0.39 is 10.0 Å². The Morgan fingerprint density at radius 1 is 1.19 bits per heavy atom. The summed E-state index contributed by atoms with van der Waals surface area (Å²) in [5.74, 6) is 0. The van der Waals surface area contributed by atoms with Crippen molar-refractivity contribution in [3.63, 3.8) is 0 Å². The average Bonchev–Trinajstić information content (AvgIpc) is 3.18.